The summed E-state index contributed by atoms with van der Waals surface area (Å²) in [5.74, 6) is -0.625. The van der Waals surface area contributed by atoms with E-state index in [0.717, 1.165) is 16.9 Å². The number of carbonyl (C=O) groups excluding carboxylic acids is 1. The molecular formula is C14H16N2O3S2. The molecule has 0 aliphatic heterocycles. The van der Waals surface area contributed by atoms with Crippen molar-refractivity contribution in [2.45, 2.75) is 18.7 Å². The lowest BCUT2D eigenvalue weighted by molar-refractivity contribution is 0.100. The number of benzene rings is 1. The molecule has 0 fully saturated rings. The lowest BCUT2D eigenvalue weighted by Gasteiger charge is -2.22. The van der Waals surface area contributed by atoms with Crippen molar-refractivity contribution in [1.29, 1.82) is 0 Å². The average Bonchev–Trinajstić information content (AvgIpc) is 2.89. The third-order valence-corrected chi connectivity index (χ3v) is 5.96. The number of anilines is 1. The fourth-order valence-electron chi connectivity index (χ4n) is 1.98. The SMILES string of the molecule is CCN(c1cccc(C)c1)S(=O)(=O)c1csc(C(N)=O)c1. The second-order valence-corrected chi connectivity index (χ2v) is 7.29. The molecule has 2 rings (SSSR count). The van der Waals surface area contributed by atoms with E-state index in [2.05, 4.69) is 0 Å². The maximum Gasteiger partial charge on any atom is 0.265 e. The first-order chi connectivity index (χ1) is 9.86. The van der Waals surface area contributed by atoms with Crippen LogP contribution in [-0.4, -0.2) is 20.9 Å². The molecule has 0 saturated heterocycles. The van der Waals surface area contributed by atoms with E-state index in [9.17, 15) is 13.2 Å². The van der Waals surface area contributed by atoms with E-state index in [0.29, 0.717) is 12.2 Å². The molecule has 1 aromatic carbocycles. The second kappa shape index (κ2) is 5.87. The first-order valence-corrected chi connectivity index (χ1v) is 8.66. The predicted octanol–water partition coefficient (Wildman–Crippen LogP) is 2.37. The van der Waals surface area contributed by atoms with Gasteiger partial charge in [0.25, 0.3) is 15.9 Å². The van der Waals surface area contributed by atoms with Crippen molar-refractivity contribution >= 4 is 33.0 Å². The molecule has 5 nitrogen and oxygen atoms in total. The van der Waals surface area contributed by atoms with Gasteiger partial charge < -0.3 is 5.73 Å². The number of primary amides is 1. The summed E-state index contributed by atoms with van der Waals surface area (Å²) in [5, 5.41) is 1.44. The Labute approximate surface area is 128 Å². The molecule has 2 aromatic rings. The summed E-state index contributed by atoms with van der Waals surface area (Å²) in [6.07, 6.45) is 0. The van der Waals surface area contributed by atoms with E-state index in [-0.39, 0.29) is 9.77 Å². The minimum Gasteiger partial charge on any atom is -0.365 e. The van der Waals surface area contributed by atoms with Crippen molar-refractivity contribution in [3.63, 3.8) is 0 Å². The zero-order valence-electron chi connectivity index (χ0n) is 11.7. The number of thiophene rings is 1. The molecule has 0 saturated carbocycles. The Balaban J connectivity index is 2.46. The normalized spacial score (nSPS) is 11.3. The monoisotopic (exact) mass is 324 g/mol. The standard InChI is InChI=1S/C14H16N2O3S2/c1-3-16(11-6-4-5-10(2)7-11)21(18,19)12-8-13(14(15)17)20-9-12/h4-9H,3H2,1-2H3,(H2,15,17). The number of hydrogen-bond acceptors (Lipinski definition) is 4. The molecular weight excluding hydrogens is 308 g/mol. The topological polar surface area (TPSA) is 80.5 Å². The quantitative estimate of drug-likeness (QED) is 0.917. The van der Waals surface area contributed by atoms with Crippen LogP contribution in [0.4, 0.5) is 5.69 Å². The van der Waals surface area contributed by atoms with Gasteiger partial charge in [-0.2, -0.15) is 0 Å². The van der Waals surface area contributed by atoms with Crippen molar-refractivity contribution in [3.05, 3.63) is 46.2 Å². The van der Waals surface area contributed by atoms with Crippen molar-refractivity contribution in [2.24, 2.45) is 5.73 Å². The molecule has 1 heterocycles. The zero-order chi connectivity index (χ0) is 15.6. The molecule has 0 unspecified atom stereocenters. The highest BCUT2D eigenvalue weighted by Gasteiger charge is 2.25. The first-order valence-electron chi connectivity index (χ1n) is 6.34. The summed E-state index contributed by atoms with van der Waals surface area (Å²) in [7, 11) is -3.70. The number of sulfonamides is 1. The Morgan fingerprint density at radius 3 is 2.57 bits per heavy atom. The van der Waals surface area contributed by atoms with Gasteiger partial charge >= 0.3 is 0 Å². The van der Waals surface area contributed by atoms with Crippen molar-refractivity contribution in [1.82, 2.24) is 0 Å². The van der Waals surface area contributed by atoms with Gasteiger partial charge in [-0.15, -0.1) is 11.3 Å². The molecule has 1 aromatic heterocycles. The fourth-order valence-corrected chi connectivity index (χ4v) is 4.56. The first kappa shape index (κ1) is 15.5. The van der Waals surface area contributed by atoms with Gasteiger partial charge in [-0.3, -0.25) is 9.10 Å². The van der Waals surface area contributed by atoms with Crippen LogP contribution in [0.1, 0.15) is 22.2 Å². The Morgan fingerprint density at radius 1 is 1.33 bits per heavy atom. The van der Waals surface area contributed by atoms with Crippen LogP contribution in [0.5, 0.6) is 0 Å². The zero-order valence-corrected chi connectivity index (χ0v) is 13.4. The molecule has 0 aliphatic carbocycles. The van der Waals surface area contributed by atoms with Crippen LogP contribution in [0.25, 0.3) is 0 Å². The van der Waals surface area contributed by atoms with Gasteiger partial charge in [-0.25, -0.2) is 8.42 Å². The molecule has 0 spiro atoms. The third-order valence-electron chi connectivity index (χ3n) is 2.98. The van der Waals surface area contributed by atoms with E-state index in [1.54, 1.807) is 13.0 Å². The van der Waals surface area contributed by atoms with Crippen molar-refractivity contribution in [3.8, 4) is 0 Å². The van der Waals surface area contributed by atoms with Gasteiger partial charge in [-0.05, 0) is 37.6 Å². The smallest absolute Gasteiger partial charge is 0.265 e. The van der Waals surface area contributed by atoms with Crippen LogP contribution in [0.3, 0.4) is 0 Å². The molecule has 0 atom stereocenters. The van der Waals surface area contributed by atoms with Gasteiger partial charge in [0.15, 0.2) is 0 Å². The lowest BCUT2D eigenvalue weighted by Crippen LogP contribution is -2.30. The lowest BCUT2D eigenvalue weighted by atomic mass is 10.2. The molecule has 0 bridgehead atoms. The summed E-state index contributed by atoms with van der Waals surface area (Å²) in [5.41, 5.74) is 6.75. The predicted molar refractivity (Wildman–Crippen MR) is 84.2 cm³/mol. The molecule has 1 amide bonds. The Bertz CT molecular complexity index is 766. The number of nitrogens with zero attached hydrogens (tertiary/aromatic N) is 1. The number of rotatable bonds is 5. The fraction of sp³-hybridized carbons (Fsp3) is 0.214. The maximum absolute atomic E-state index is 12.7. The van der Waals surface area contributed by atoms with Gasteiger partial charge in [-0.1, -0.05) is 12.1 Å². The number of amides is 1. The molecule has 0 aliphatic rings. The van der Waals surface area contributed by atoms with E-state index in [1.165, 1.54) is 15.8 Å². The van der Waals surface area contributed by atoms with Crippen LogP contribution in [0, 0.1) is 6.92 Å². The van der Waals surface area contributed by atoms with Gasteiger partial charge in [0.2, 0.25) is 0 Å². The van der Waals surface area contributed by atoms with Crippen molar-refractivity contribution < 1.29 is 13.2 Å². The third kappa shape index (κ3) is 3.08. The molecule has 112 valence electrons. The highest BCUT2D eigenvalue weighted by molar-refractivity contribution is 7.93. The Morgan fingerprint density at radius 2 is 2.05 bits per heavy atom. The summed E-state index contributed by atoms with van der Waals surface area (Å²) >= 11 is 1.03. The highest BCUT2D eigenvalue weighted by atomic mass is 32.2. The van der Waals surface area contributed by atoms with Crippen LogP contribution >= 0.6 is 11.3 Å². The Hall–Kier alpha value is -1.86. The van der Waals surface area contributed by atoms with Crippen LogP contribution in [0.2, 0.25) is 0 Å². The largest absolute Gasteiger partial charge is 0.365 e. The highest BCUT2D eigenvalue weighted by Crippen LogP contribution is 2.27. The van der Waals surface area contributed by atoms with E-state index < -0.39 is 15.9 Å². The summed E-state index contributed by atoms with van der Waals surface area (Å²) < 4.78 is 26.7. The van der Waals surface area contributed by atoms with E-state index in [4.69, 9.17) is 5.73 Å². The van der Waals surface area contributed by atoms with E-state index in [1.807, 2.05) is 25.1 Å². The molecule has 2 N–H and O–H groups in total. The van der Waals surface area contributed by atoms with Crippen LogP contribution < -0.4 is 10.0 Å². The Kier molecular flexibility index (Phi) is 4.34. The number of nitrogens with two attached hydrogens (primary N) is 1. The molecule has 0 radical (unpaired) electrons. The summed E-state index contributed by atoms with van der Waals surface area (Å²) in [4.78, 5) is 11.4. The van der Waals surface area contributed by atoms with Gasteiger partial charge in [0, 0.05) is 11.9 Å². The second-order valence-electron chi connectivity index (χ2n) is 4.52. The van der Waals surface area contributed by atoms with Crippen molar-refractivity contribution in [2.75, 3.05) is 10.8 Å². The number of carbonyl (C=O) groups is 1. The van der Waals surface area contributed by atoms with Gasteiger partial charge in [0.1, 0.15) is 0 Å². The maximum atomic E-state index is 12.7. The van der Waals surface area contributed by atoms with E-state index >= 15 is 0 Å². The van der Waals surface area contributed by atoms with Gasteiger partial charge in [0.05, 0.1) is 15.5 Å². The summed E-state index contributed by atoms with van der Waals surface area (Å²) in [6, 6.07) is 8.59. The average molecular weight is 324 g/mol. The number of aryl methyl sites for hydroxylation is 1. The number of hydrogen-bond donors (Lipinski definition) is 1. The van der Waals surface area contributed by atoms with Crippen LogP contribution in [-0.2, 0) is 10.0 Å². The van der Waals surface area contributed by atoms with Crippen LogP contribution in [0.15, 0.2) is 40.6 Å². The minimum atomic E-state index is -3.70. The molecule has 7 heteroatoms. The molecule has 21 heavy (non-hydrogen) atoms. The summed E-state index contributed by atoms with van der Waals surface area (Å²) in [6.45, 7) is 3.97. The minimum absolute atomic E-state index is 0.0876.